The topological polar surface area (TPSA) is 109 Å². The molecule has 2 aromatic carbocycles. The molecule has 156 valence electrons. The third-order valence-corrected chi connectivity index (χ3v) is 4.94. The maximum absolute atomic E-state index is 12.4. The van der Waals surface area contributed by atoms with Gasteiger partial charge in [0.05, 0.1) is 23.4 Å². The number of carbonyl (C=O) groups is 1. The van der Waals surface area contributed by atoms with E-state index in [1.165, 1.54) is 31.4 Å². The number of hydrogen-bond acceptors (Lipinski definition) is 7. The third kappa shape index (κ3) is 3.78. The zero-order chi connectivity index (χ0) is 22.1. The molecule has 9 nitrogen and oxygen atoms in total. The number of hydrogen-bond donors (Lipinski definition) is 0. The highest BCUT2D eigenvalue weighted by molar-refractivity contribution is 6.31. The van der Waals surface area contributed by atoms with Crippen molar-refractivity contribution in [2.24, 2.45) is 4.99 Å². The van der Waals surface area contributed by atoms with E-state index in [9.17, 15) is 14.9 Å². The molecule has 0 atom stereocenters. The van der Waals surface area contributed by atoms with Crippen molar-refractivity contribution < 1.29 is 19.2 Å². The molecule has 1 aliphatic rings. The summed E-state index contributed by atoms with van der Waals surface area (Å²) in [5.74, 6) is -0.659. The predicted octanol–water partition coefficient (Wildman–Crippen LogP) is 4.10. The van der Waals surface area contributed by atoms with Gasteiger partial charge in [0.15, 0.2) is 11.4 Å². The number of aliphatic imine (C=N–C) groups is 1. The fourth-order valence-corrected chi connectivity index (χ4v) is 3.38. The molecule has 1 aliphatic heterocycles. The first kappa shape index (κ1) is 20.3. The van der Waals surface area contributed by atoms with E-state index < -0.39 is 10.9 Å². The molecule has 1 aromatic heterocycles. The SMILES string of the molecule is COc1ccc(C2=N/C(=C\c3c(C)nn(-c4ccccc4)c3Cl)C(=O)O2)cc1[N+](=O)[O-]. The molecule has 0 spiro atoms. The molecule has 10 heteroatoms. The average Bonchev–Trinajstić information content (AvgIpc) is 3.28. The molecule has 31 heavy (non-hydrogen) atoms. The van der Waals surface area contributed by atoms with Gasteiger partial charge < -0.3 is 9.47 Å². The first-order valence-corrected chi connectivity index (χ1v) is 9.42. The summed E-state index contributed by atoms with van der Waals surface area (Å²) in [6.07, 6.45) is 1.48. The van der Waals surface area contributed by atoms with Crippen LogP contribution in [0.3, 0.4) is 0 Å². The fraction of sp³-hybridized carbons (Fsp3) is 0.0952. The Morgan fingerprint density at radius 3 is 2.65 bits per heavy atom. The lowest BCUT2D eigenvalue weighted by molar-refractivity contribution is -0.385. The molecule has 0 aliphatic carbocycles. The Morgan fingerprint density at radius 1 is 1.23 bits per heavy atom. The second kappa shape index (κ2) is 8.04. The van der Waals surface area contributed by atoms with Crippen LogP contribution in [-0.4, -0.2) is 33.7 Å². The van der Waals surface area contributed by atoms with Crippen molar-refractivity contribution in [3.63, 3.8) is 0 Å². The molecular formula is C21H15ClN4O5. The predicted molar refractivity (Wildman–Crippen MR) is 114 cm³/mol. The largest absolute Gasteiger partial charge is 0.490 e. The van der Waals surface area contributed by atoms with Crippen molar-refractivity contribution in [1.29, 1.82) is 0 Å². The summed E-state index contributed by atoms with van der Waals surface area (Å²) < 4.78 is 11.8. The zero-order valence-corrected chi connectivity index (χ0v) is 17.2. The minimum Gasteiger partial charge on any atom is -0.490 e. The van der Waals surface area contributed by atoms with Crippen LogP contribution < -0.4 is 4.74 Å². The summed E-state index contributed by atoms with van der Waals surface area (Å²) in [4.78, 5) is 27.2. The van der Waals surface area contributed by atoms with Crippen LogP contribution in [0.25, 0.3) is 11.8 Å². The van der Waals surface area contributed by atoms with Gasteiger partial charge in [0.25, 0.3) is 0 Å². The minimum atomic E-state index is -0.698. The van der Waals surface area contributed by atoms with E-state index in [4.69, 9.17) is 21.1 Å². The molecular weight excluding hydrogens is 424 g/mol. The lowest BCUT2D eigenvalue weighted by atomic mass is 10.2. The molecule has 2 heterocycles. The normalized spacial score (nSPS) is 14.5. The van der Waals surface area contributed by atoms with E-state index >= 15 is 0 Å². The Hall–Kier alpha value is -3.98. The van der Waals surface area contributed by atoms with Crippen LogP contribution in [0.2, 0.25) is 5.15 Å². The summed E-state index contributed by atoms with van der Waals surface area (Å²) in [6, 6.07) is 13.5. The fourth-order valence-electron chi connectivity index (χ4n) is 3.05. The number of nitro groups is 1. The van der Waals surface area contributed by atoms with E-state index in [-0.39, 0.29) is 28.6 Å². The standard InChI is InChI=1S/C21H15ClN4O5/c1-12-15(19(22)25(24-12)14-6-4-3-5-7-14)11-16-21(27)31-20(23-16)13-8-9-18(30-2)17(10-13)26(28)29/h3-11H,1-2H3/b16-11-. The highest BCUT2D eigenvalue weighted by Gasteiger charge is 2.27. The number of aryl methyl sites for hydroxylation is 1. The quantitative estimate of drug-likeness (QED) is 0.257. The van der Waals surface area contributed by atoms with Crippen LogP contribution >= 0.6 is 11.6 Å². The Bertz CT molecular complexity index is 1260. The maximum atomic E-state index is 12.4. The van der Waals surface area contributed by atoms with Crippen molar-refractivity contribution >= 4 is 35.2 Å². The number of methoxy groups -OCH3 is 1. The summed E-state index contributed by atoms with van der Waals surface area (Å²) in [6.45, 7) is 1.76. The van der Waals surface area contributed by atoms with Crippen molar-refractivity contribution in [1.82, 2.24) is 9.78 Å². The molecule has 0 saturated carbocycles. The first-order valence-electron chi connectivity index (χ1n) is 9.05. The van der Waals surface area contributed by atoms with Gasteiger partial charge in [-0.05, 0) is 37.3 Å². The molecule has 0 unspecified atom stereocenters. The number of para-hydroxylation sites is 1. The number of halogens is 1. The number of carbonyl (C=O) groups excluding carboxylic acids is 1. The molecule has 4 rings (SSSR count). The minimum absolute atomic E-state index is 0.00563. The number of nitrogens with zero attached hydrogens (tertiary/aromatic N) is 4. The molecule has 0 fully saturated rings. The number of rotatable bonds is 5. The van der Waals surface area contributed by atoms with Crippen molar-refractivity contribution in [3.8, 4) is 11.4 Å². The van der Waals surface area contributed by atoms with Gasteiger partial charge in [-0.2, -0.15) is 5.10 Å². The third-order valence-electron chi connectivity index (χ3n) is 4.57. The van der Waals surface area contributed by atoms with Crippen LogP contribution in [0.5, 0.6) is 5.75 Å². The first-order chi connectivity index (χ1) is 14.9. The lowest BCUT2D eigenvalue weighted by Crippen LogP contribution is -2.06. The monoisotopic (exact) mass is 438 g/mol. The zero-order valence-electron chi connectivity index (χ0n) is 16.4. The molecule has 0 radical (unpaired) electrons. The summed E-state index contributed by atoms with van der Waals surface area (Å²) >= 11 is 6.50. The highest BCUT2D eigenvalue weighted by atomic mass is 35.5. The van der Waals surface area contributed by atoms with Gasteiger partial charge >= 0.3 is 11.7 Å². The highest BCUT2D eigenvalue weighted by Crippen LogP contribution is 2.31. The van der Waals surface area contributed by atoms with Gasteiger partial charge in [-0.15, -0.1) is 0 Å². The van der Waals surface area contributed by atoms with Crippen molar-refractivity contribution in [3.05, 3.63) is 86.3 Å². The second-order valence-electron chi connectivity index (χ2n) is 6.52. The smallest absolute Gasteiger partial charge is 0.363 e. The maximum Gasteiger partial charge on any atom is 0.363 e. The number of cyclic esters (lactones) is 1. The molecule has 0 amide bonds. The van der Waals surface area contributed by atoms with Gasteiger partial charge in [0.2, 0.25) is 5.90 Å². The van der Waals surface area contributed by atoms with Crippen molar-refractivity contribution in [2.75, 3.05) is 7.11 Å². The van der Waals surface area contributed by atoms with E-state index in [1.807, 2.05) is 30.3 Å². The lowest BCUT2D eigenvalue weighted by Gasteiger charge is -2.03. The number of ether oxygens (including phenoxy) is 2. The van der Waals surface area contributed by atoms with E-state index in [0.29, 0.717) is 16.4 Å². The van der Waals surface area contributed by atoms with Crippen LogP contribution in [0, 0.1) is 17.0 Å². The second-order valence-corrected chi connectivity index (χ2v) is 6.88. The molecule has 0 N–H and O–H groups in total. The summed E-state index contributed by atoms with van der Waals surface area (Å²) in [7, 11) is 1.33. The number of nitro benzene ring substituents is 1. The van der Waals surface area contributed by atoms with Gasteiger partial charge in [0.1, 0.15) is 5.15 Å². The molecule has 0 bridgehead atoms. The van der Waals surface area contributed by atoms with Crippen LogP contribution in [0.1, 0.15) is 16.8 Å². The van der Waals surface area contributed by atoms with Gasteiger partial charge in [-0.1, -0.05) is 29.8 Å². The number of aromatic nitrogens is 2. The van der Waals surface area contributed by atoms with E-state index in [2.05, 4.69) is 10.1 Å². The van der Waals surface area contributed by atoms with Crippen LogP contribution in [0.4, 0.5) is 5.69 Å². The Labute approximate surface area is 181 Å². The molecule has 3 aromatic rings. The molecule has 0 saturated heterocycles. The van der Waals surface area contributed by atoms with Gasteiger partial charge in [-0.25, -0.2) is 14.5 Å². The Kier molecular flexibility index (Phi) is 5.26. The van der Waals surface area contributed by atoms with Crippen LogP contribution in [0.15, 0.2) is 59.2 Å². The van der Waals surface area contributed by atoms with E-state index in [1.54, 1.807) is 11.6 Å². The number of esters is 1. The van der Waals surface area contributed by atoms with E-state index in [0.717, 1.165) is 5.69 Å². The summed E-state index contributed by atoms with van der Waals surface area (Å²) in [5, 5.41) is 16.0. The Balaban J connectivity index is 1.72. The number of benzene rings is 2. The Morgan fingerprint density at radius 2 is 1.97 bits per heavy atom. The van der Waals surface area contributed by atoms with Crippen molar-refractivity contribution in [2.45, 2.75) is 6.92 Å². The summed E-state index contributed by atoms with van der Waals surface area (Å²) in [5.41, 5.74) is 1.89. The van der Waals surface area contributed by atoms with Gasteiger partial charge in [-0.3, -0.25) is 10.1 Å². The van der Waals surface area contributed by atoms with Crippen LogP contribution in [-0.2, 0) is 9.53 Å². The van der Waals surface area contributed by atoms with Gasteiger partial charge in [0, 0.05) is 17.2 Å². The average molecular weight is 439 g/mol.